The molecule has 118 valence electrons. The number of anilines is 1. The van der Waals surface area contributed by atoms with Gasteiger partial charge in [0.2, 0.25) is 0 Å². The topological polar surface area (TPSA) is 57.6 Å². The summed E-state index contributed by atoms with van der Waals surface area (Å²) >= 11 is 0. The Kier molecular flexibility index (Phi) is 3.35. The number of alkyl halides is 3. The zero-order valence-electron chi connectivity index (χ0n) is 11.6. The van der Waals surface area contributed by atoms with E-state index < -0.39 is 23.6 Å². The Labute approximate surface area is 128 Å². The molecule has 0 radical (unpaired) electrons. The molecule has 0 atom stereocenters. The third-order valence-corrected chi connectivity index (χ3v) is 3.67. The molecule has 3 rings (SSSR count). The van der Waals surface area contributed by atoms with E-state index in [0.29, 0.717) is 5.56 Å². The molecule has 0 unspecified atom stereocenters. The van der Waals surface area contributed by atoms with E-state index in [0.717, 1.165) is 12.1 Å². The van der Waals surface area contributed by atoms with Crippen molar-refractivity contribution in [3.05, 3.63) is 64.7 Å². The second-order valence-electron chi connectivity index (χ2n) is 5.08. The van der Waals surface area contributed by atoms with E-state index in [4.69, 9.17) is 5.11 Å². The number of fused-ring (bicyclic) bond motifs is 1. The predicted molar refractivity (Wildman–Crippen MR) is 75.4 cm³/mol. The maximum atomic E-state index is 12.6. The lowest BCUT2D eigenvalue weighted by Crippen LogP contribution is -2.24. The maximum absolute atomic E-state index is 12.6. The molecule has 4 nitrogen and oxygen atoms in total. The van der Waals surface area contributed by atoms with Crippen molar-refractivity contribution in [2.24, 2.45) is 0 Å². The van der Waals surface area contributed by atoms with Gasteiger partial charge in [-0.15, -0.1) is 0 Å². The van der Waals surface area contributed by atoms with Crippen LogP contribution in [0.3, 0.4) is 0 Å². The van der Waals surface area contributed by atoms with E-state index in [1.54, 1.807) is 6.07 Å². The first-order valence-electron chi connectivity index (χ1n) is 6.63. The average Bonchev–Trinajstić information content (AvgIpc) is 2.84. The smallest absolute Gasteiger partial charge is 0.416 e. The van der Waals surface area contributed by atoms with Gasteiger partial charge in [0.15, 0.2) is 0 Å². The minimum atomic E-state index is -4.45. The van der Waals surface area contributed by atoms with Crippen LogP contribution in [0.2, 0.25) is 0 Å². The molecule has 0 spiro atoms. The van der Waals surface area contributed by atoms with Crippen LogP contribution in [-0.2, 0) is 12.7 Å². The second kappa shape index (κ2) is 5.12. The average molecular weight is 321 g/mol. The lowest BCUT2D eigenvalue weighted by Gasteiger charge is -2.16. The molecule has 1 N–H and O–H groups in total. The molecule has 0 aliphatic carbocycles. The number of halogens is 3. The standard InChI is InChI=1S/C16H10F3NO3/c17-16(18,19)10-4-6-11(7-5-10)20-8-9-2-1-3-12(15(22)23)13(9)14(20)21/h1-7H,8H2,(H,22,23). The van der Waals surface area contributed by atoms with Crippen molar-refractivity contribution in [1.82, 2.24) is 0 Å². The van der Waals surface area contributed by atoms with Gasteiger partial charge >= 0.3 is 12.1 Å². The summed E-state index contributed by atoms with van der Waals surface area (Å²) in [5.74, 6) is -1.75. The highest BCUT2D eigenvalue weighted by Gasteiger charge is 2.34. The Morgan fingerprint density at radius 2 is 1.74 bits per heavy atom. The first-order chi connectivity index (χ1) is 10.8. The summed E-state index contributed by atoms with van der Waals surface area (Å²) in [4.78, 5) is 24.9. The third kappa shape index (κ3) is 2.54. The van der Waals surface area contributed by atoms with Crippen molar-refractivity contribution >= 4 is 17.6 Å². The van der Waals surface area contributed by atoms with E-state index in [-0.39, 0.29) is 23.4 Å². The van der Waals surface area contributed by atoms with Crippen molar-refractivity contribution < 1.29 is 27.9 Å². The van der Waals surface area contributed by atoms with Crippen molar-refractivity contribution in [2.75, 3.05) is 4.90 Å². The van der Waals surface area contributed by atoms with Gasteiger partial charge in [-0.2, -0.15) is 13.2 Å². The summed E-state index contributed by atoms with van der Waals surface area (Å²) in [7, 11) is 0. The molecule has 0 saturated heterocycles. The first-order valence-corrected chi connectivity index (χ1v) is 6.63. The quantitative estimate of drug-likeness (QED) is 0.920. The van der Waals surface area contributed by atoms with Crippen molar-refractivity contribution in [3.63, 3.8) is 0 Å². The number of carboxylic acid groups (broad SMARTS) is 1. The fraction of sp³-hybridized carbons (Fsp3) is 0.125. The van der Waals surface area contributed by atoms with Crippen LogP contribution in [0.5, 0.6) is 0 Å². The van der Waals surface area contributed by atoms with Crippen LogP contribution in [0.25, 0.3) is 0 Å². The Morgan fingerprint density at radius 3 is 2.30 bits per heavy atom. The maximum Gasteiger partial charge on any atom is 0.416 e. The van der Waals surface area contributed by atoms with Gasteiger partial charge in [-0.1, -0.05) is 12.1 Å². The Bertz CT molecular complexity index is 797. The summed E-state index contributed by atoms with van der Waals surface area (Å²) in [6.07, 6.45) is -4.45. The molecular weight excluding hydrogens is 311 g/mol. The summed E-state index contributed by atoms with van der Waals surface area (Å²) in [5.41, 5.74) is -0.0104. The first kappa shape index (κ1) is 15.1. The minimum Gasteiger partial charge on any atom is -0.478 e. The van der Waals surface area contributed by atoms with Gasteiger partial charge in [-0.3, -0.25) is 4.79 Å². The molecule has 2 aromatic carbocycles. The van der Waals surface area contributed by atoms with Crippen LogP contribution in [-0.4, -0.2) is 17.0 Å². The van der Waals surface area contributed by atoms with Crippen LogP contribution in [0.4, 0.5) is 18.9 Å². The van der Waals surface area contributed by atoms with Crippen LogP contribution < -0.4 is 4.90 Å². The lowest BCUT2D eigenvalue weighted by molar-refractivity contribution is -0.137. The molecule has 1 amide bonds. The normalized spacial score (nSPS) is 14.0. The van der Waals surface area contributed by atoms with Gasteiger partial charge in [-0.05, 0) is 35.9 Å². The Balaban J connectivity index is 1.97. The number of nitrogens with zero attached hydrogens (tertiary/aromatic N) is 1. The molecular formula is C16H10F3NO3. The van der Waals surface area contributed by atoms with E-state index in [1.165, 1.54) is 29.2 Å². The van der Waals surface area contributed by atoms with Crippen LogP contribution >= 0.6 is 0 Å². The molecule has 1 aliphatic rings. The Hall–Kier alpha value is -2.83. The van der Waals surface area contributed by atoms with Gasteiger partial charge in [0, 0.05) is 5.69 Å². The fourth-order valence-corrected chi connectivity index (χ4v) is 2.58. The molecule has 0 aromatic heterocycles. The molecule has 0 saturated carbocycles. The largest absolute Gasteiger partial charge is 0.478 e. The summed E-state index contributed by atoms with van der Waals surface area (Å²) < 4.78 is 37.8. The number of carbonyl (C=O) groups is 2. The summed E-state index contributed by atoms with van der Waals surface area (Å²) in [6.45, 7) is 0.126. The zero-order valence-corrected chi connectivity index (χ0v) is 11.6. The minimum absolute atomic E-state index is 0.0832. The summed E-state index contributed by atoms with van der Waals surface area (Å²) in [5, 5.41) is 9.15. The van der Waals surface area contributed by atoms with Crippen LogP contribution in [0, 0.1) is 0 Å². The third-order valence-electron chi connectivity index (χ3n) is 3.67. The molecule has 1 aliphatic heterocycles. The van der Waals surface area contributed by atoms with E-state index >= 15 is 0 Å². The number of carboxylic acids is 1. The summed E-state index contributed by atoms with van der Waals surface area (Å²) in [6, 6.07) is 8.68. The van der Waals surface area contributed by atoms with Gasteiger partial charge < -0.3 is 10.0 Å². The molecule has 7 heteroatoms. The number of rotatable bonds is 2. The van der Waals surface area contributed by atoms with Gasteiger partial charge in [0.1, 0.15) is 0 Å². The molecule has 2 aromatic rings. The van der Waals surface area contributed by atoms with Gasteiger partial charge in [0.05, 0.1) is 23.2 Å². The Morgan fingerprint density at radius 1 is 1.09 bits per heavy atom. The number of aromatic carboxylic acids is 1. The zero-order chi connectivity index (χ0) is 16.8. The second-order valence-corrected chi connectivity index (χ2v) is 5.08. The highest BCUT2D eigenvalue weighted by Crippen LogP contribution is 2.34. The van der Waals surface area contributed by atoms with Gasteiger partial charge in [-0.25, -0.2) is 4.79 Å². The number of hydrogen-bond donors (Lipinski definition) is 1. The predicted octanol–water partition coefficient (Wildman–Crippen LogP) is 3.56. The fourth-order valence-electron chi connectivity index (χ4n) is 2.58. The van der Waals surface area contributed by atoms with Crippen molar-refractivity contribution in [3.8, 4) is 0 Å². The van der Waals surface area contributed by atoms with Crippen molar-refractivity contribution in [2.45, 2.75) is 12.7 Å². The monoisotopic (exact) mass is 321 g/mol. The van der Waals surface area contributed by atoms with Crippen molar-refractivity contribution in [1.29, 1.82) is 0 Å². The van der Waals surface area contributed by atoms with Crippen LogP contribution in [0.1, 0.15) is 31.8 Å². The molecule has 23 heavy (non-hydrogen) atoms. The number of amides is 1. The molecule has 1 heterocycles. The number of carbonyl (C=O) groups excluding carboxylic acids is 1. The highest BCUT2D eigenvalue weighted by atomic mass is 19.4. The van der Waals surface area contributed by atoms with Gasteiger partial charge in [0.25, 0.3) is 5.91 Å². The highest BCUT2D eigenvalue weighted by molar-refractivity contribution is 6.15. The molecule has 0 bridgehead atoms. The number of hydrogen-bond acceptors (Lipinski definition) is 2. The van der Waals surface area contributed by atoms with E-state index in [1.807, 2.05) is 0 Å². The lowest BCUT2D eigenvalue weighted by atomic mass is 10.0. The van der Waals surface area contributed by atoms with E-state index in [9.17, 15) is 22.8 Å². The number of benzene rings is 2. The SMILES string of the molecule is O=C(O)c1cccc2c1C(=O)N(c1ccc(C(F)(F)F)cc1)C2. The van der Waals surface area contributed by atoms with Crippen LogP contribution in [0.15, 0.2) is 42.5 Å². The molecule has 0 fully saturated rings. The van der Waals surface area contributed by atoms with E-state index in [2.05, 4.69) is 0 Å².